The van der Waals surface area contributed by atoms with E-state index in [1.165, 1.54) is 32.1 Å². The van der Waals surface area contributed by atoms with Crippen molar-refractivity contribution in [3.05, 3.63) is 12.2 Å². The number of Topliss-reactive ketones (excluding diaryl/α,β-unsaturated/α-hetero) is 2. The SMILES string of the molecule is CCCC[C@H](CC=C[C@H]1CCC(=O)[C@@H]1CCCCCC(=O)C(O)C(=O)OCC)C1CC1. The van der Waals surface area contributed by atoms with Gasteiger partial charge in [0.15, 0.2) is 5.78 Å². The molecule has 0 radical (unpaired) electrons. The van der Waals surface area contributed by atoms with Crippen LogP contribution < -0.4 is 0 Å². The summed E-state index contributed by atoms with van der Waals surface area (Å²) in [4.78, 5) is 35.6. The number of carbonyl (C=O) groups excluding carboxylic acids is 3. The Morgan fingerprint density at radius 3 is 2.58 bits per heavy atom. The monoisotopic (exact) mass is 434 g/mol. The molecule has 0 aromatic rings. The molecule has 0 amide bonds. The van der Waals surface area contributed by atoms with Crippen LogP contribution in [0.3, 0.4) is 0 Å². The second-order valence-corrected chi connectivity index (χ2v) is 9.40. The third kappa shape index (κ3) is 8.88. The lowest BCUT2D eigenvalue weighted by Gasteiger charge is -2.16. The minimum Gasteiger partial charge on any atom is -0.464 e. The van der Waals surface area contributed by atoms with Crippen molar-refractivity contribution in [2.75, 3.05) is 6.61 Å². The van der Waals surface area contributed by atoms with Crippen LogP contribution in [0.4, 0.5) is 0 Å². The van der Waals surface area contributed by atoms with Gasteiger partial charge in [-0.3, -0.25) is 9.59 Å². The van der Waals surface area contributed by atoms with E-state index in [2.05, 4.69) is 23.8 Å². The van der Waals surface area contributed by atoms with Gasteiger partial charge in [0.05, 0.1) is 6.61 Å². The zero-order chi connectivity index (χ0) is 22.6. The first-order chi connectivity index (χ1) is 15.0. The molecule has 0 aromatic heterocycles. The molecule has 2 fully saturated rings. The Bertz CT molecular complexity index is 607. The predicted molar refractivity (Wildman–Crippen MR) is 121 cm³/mol. The maximum Gasteiger partial charge on any atom is 0.342 e. The number of hydrogen-bond acceptors (Lipinski definition) is 5. The van der Waals surface area contributed by atoms with Gasteiger partial charge >= 0.3 is 5.97 Å². The Morgan fingerprint density at radius 1 is 1.13 bits per heavy atom. The topological polar surface area (TPSA) is 80.7 Å². The van der Waals surface area contributed by atoms with Crippen molar-refractivity contribution in [1.82, 2.24) is 0 Å². The summed E-state index contributed by atoms with van der Waals surface area (Å²) in [7, 11) is 0. The van der Waals surface area contributed by atoms with E-state index in [0.29, 0.717) is 24.5 Å². The van der Waals surface area contributed by atoms with Crippen LogP contribution in [0.15, 0.2) is 12.2 Å². The Kier molecular flexibility index (Phi) is 11.5. The fourth-order valence-corrected chi connectivity index (χ4v) is 4.88. The van der Waals surface area contributed by atoms with Crippen LogP contribution >= 0.6 is 0 Å². The number of allylic oxidation sites excluding steroid dienone is 2. The first-order valence-electron chi connectivity index (χ1n) is 12.5. The standard InChI is InChI=1S/C26H42O5/c1-3-5-10-19(20-15-16-20)11-9-12-21-17-18-23(27)22(21)13-7-6-8-14-24(28)25(29)26(30)31-4-2/h9,12,19-22,25,29H,3-8,10-11,13-18H2,1-2H3/t19-,21+,22-,25?/m1/s1. The van der Waals surface area contributed by atoms with Gasteiger partial charge in [0, 0.05) is 18.8 Å². The summed E-state index contributed by atoms with van der Waals surface area (Å²) < 4.78 is 4.67. The van der Waals surface area contributed by atoms with Crippen LogP contribution in [0.2, 0.25) is 0 Å². The highest BCUT2D eigenvalue weighted by atomic mass is 16.5. The molecule has 2 aliphatic rings. The summed E-state index contributed by atoms with van der Waals surface area (Å²) >= 11 is 0. The van der Waals surface area contributed by atoms with Crippen LogP contribution in [-0.4, -0.2) is 35.4 Å². The lowest BCUT2D eigenvalue weighted by Crippen LogP contribution is -2.31. The molecule has 176 valence electrons. The van der Waals surface area contributed by atoms with Gasteiger partial charge in [0.1, 0.15) is 5.78 Å². The summed E-state index contributed by atoms with van der Waals surface area (Å²) in [6.07, 6.45) is 15.9. The van der Waals surface area contributed by atoms with E-state index >= 15 is 0 Å². The van der Waals surface area contributed by atoms with E-state index in [9.17, 15) is 19.5 Å². The normalized spacial score (nSPS) is 23.3. The minimum atomic E-state index is -1.66. The molecule has 1 unspecified atom stereocenters. The molecule has 2 saturated carbocycles. The molecule has 4 atom stereocenters. The highest BCUT2D eigenvalue weighted by Crippen LogP contribution is 2.41. The van der Waals surface area contributed by atoms with E-state index in [0.717, 1.165) is 43.9 Å². The second kappa shape index (κ2) is 13.8. The number of ketones is 2. The smallest absolute Gasteiger partial charge is 0.342 e. The molecule has 0 aromatic carbocycles. The van der Waals surface area contributed by atoms with Gasteiger partial charge in [0.2, 0.25) is 6.10 Å². The van der Waals surface area contributed by atoms with Gasteiger partial charge < -0.3 is 9.84 Å². The molecule has 0 heterocycles. The summed E-state index contributed by atoms with van der Waals surface area (Å²) in [5.41, 5.74) is 0. The van der Waals surface area contributed by atoms with E-state index in [4.69, 9.17) is 0 Å². The van der Waals surface area contributed by atoms with E-state index in [1.54, 1.807) is 6.92 Å². The van der Waals surface area contributed by atoms with Gasteiger partial charge in [0.25, 0.3) is 0 Å². The van der Waals surface area contributed by atoms with Crippen LogP contribution in [0.1, 0.15) is 97.3 Å². The van der Waals surface area contributed by atoms with Crippen molar-refractivity contribution in [2.24, 2.45) is 23.7 Å². The number of esters is 1. The molecule has 0 spiro atoms. The zero-order valence-corrected chi connectivity index (χ0v) is 19.5. The molecule has 0 aliphatic heterocycles. The van der Waals surface area contributed by atoms with Crippen molar-refractivity contribution in [3.63, 3.8) is 0 Å². The van der Waals surface area contributed by atoms with E-state index in [-0.39, 0.29) is 18.9 Å². The molecule has 2 aliphatic carbocycles. The van der Waals surface area contributed by atoms with Crippen LogP contribution in [0, 0.1) is 23.7 Å². The predicted octanol–water partition coefficient (Wildman–Crippen LogP) is 5.19. The highest BCUT2D eigenvalue weighted by molar-refractivity contribution is 6.01. The molecule has 0 saturated heterocycles. The Labute approximate surface area is 188 Å². The largest absolute Gasteiger partial charge is 0.464 e. The molecule has 1 N–H and O–H groups in total. The second-order valence-electron chi connectivity index (χ2n) is 9.40. The number of unbranched alkanes of at least 4 members (excludes halogenated alkanes) is 3. The molecule has 31 heavy (non-hydrogen) atoms. The lowest BCUT2D eigenvalue weighted by atomic mass is 9.88. The van der Waals surface area contributed by atoms with Gasteiger partial charge in [-0.15, -0.1) is 0 Å². The van der Waals surface area contributed by atoms with Crippen LogP contribution in [0.25, 0.3) is 0 Å². The Morgan fingerprint density at radius 2 is 1.90 bits per heavy atom. The van der Waals surface area contributed by atoms with E-state index < -0.39 is 17.9 Å². The van der Waals surface area contributed by atoms with Crippen LogP contribution in [0.5, 0.6) is 0 Å². The third-order valence-corrected chi connectivity index (χ3v) is 6.95. The average molecular weight is 435 g/mol. The highest BCUT2D eigenvalue weighted by Gasteiger charge is 2.33. The van der Waals surface area contributed by atoms with E-state index in [1.807, 2.05) is 0 Å². The summed E-state index contributed by atoms with van der Waals surface area (Å²) in [5, 5.41) is 9.65. The number of ether oxygens (including phenoxy) is 1. The first kappa shape index (κ1) is 25.8. The maximum absolute atomic E-state index is 12.4. The van der Waals surface area contributed by atoms with Crippen molar-refractivity contribution in [3.8, 4) is 0 Å². The van der Waals surface area contributed by atoms with Gasteiger partial charge in [-0.25, -0.2) is 4.79 Å². The average Bonchev–Trinajstić information content (AvgIpc) is 3.54. The van der Waals surface area contributed by atoms with Crippen molar-refractivity contribution < 1.29 is 24.2 Å². The number of aliphatic hydroxyl groups excluding tert-OH is 1. The first-order valence-corrected chi connectivity index (χ1v) is 12.5. The van der Waals surface area contributed by atoms with Gasteiger partial charge in [-0.1, -0.05) is 44.8 Å². The zero-order valence-electron chi connectivity index (χ0n) is 19.5. The molecule has 0 bridgehead atoms. The van der Waals surface area contributed by atoms with Crippen molar-refractivity contribution in [2.45, 2.75) is 103 Å². The number of carbonyl (C=O) groups is 3. The minimum absolute atomic E-state index is 0.118. The summed E-state index contributed by atoms with van der Waals surface area (Å²) in [5.74, 6) is 1.28. The van der Waals surface area contributed by atoms with Crippen LogP contribution in [-0.2, 0) is 19.1 Å². The quantitative estimate of drug-likeness (QED) is 0.156. The lowest BCUT2D eigenvalue weighted by molar-refractivity contribution is -0.157. The van der Waals surface area contributed by atoms with Gasteiger partial charge in [-0.05, 0) is 69.6 Å². The molecular weight excluding hydrogens is 392 g/mol. The summed E-state index contributed by atoms with van der Waals surface area (Å²) in [6, 6.07) is 0. The number of hydrogen-bond donors (Lipinski definition) is 1. The fourth-order valence-electron chi connectivity index (χ4n) is 4.88. The number of rotatable bonds is 16. The maximum atomic E-state index is 12.4. The molecule has 2 rings (SSSR count). The van der Waals surface area contributed by atoms with Crippen molar-refractivity contribution in [1.29, 1.82) is 0 Å². The fraction of sp³-hybridized carbons (Fsp3) is 0.808. The third-order valence-electron chi connectivity index (χ3n) is 6.95. The molecule has 5 nitrogen and oxygen atoms in total. The van der Waals surface area contributed by atoms with Crippen molar-refractivity contribution >= 4 is 17.5 Å². The number of aliphatic hydroxyl groups is 1. The van der Waals surface area contributed by atoms with Gasteiger partial charge in [-0.2, -0.15) is 0 Å². The summed E-state index contributed by atoms with van der Waals surface area (Å²) in [6.45, 7) is 4.04. The Balaban J connectivity index is 1.68. The molecule has 5 heteroatoms. The molecular formula is C26H42O5. The Hall–Kier alpha value is -1.49.